The van der Waals surface area contributed by atoms with Crippen molar-refractivity contribution in [2.24, 2.45) is 0 Å². The number of rotatable bonds is 11. The molecule has 0 fully saturated rings. The predicted octanol–water partition coefficient (Wildman–Crippen LogP) is 4.99. The monoisotopic (exact) mass is 368 g/mol. The number of benzene rings is 1. The molecule has 4 heteroatoms. The Morgan fingerprint density at radius 2 is 1.46 bits per heavy atom. The highest BCUT2D eigenvalue weighted by molar-refractivity contribution is 7.66. The highest BCUT2D eigenvalue weighted by Crippen LogP contribution is 2.40. The number of hydrogen-bond donors (Lipinski definition) is 1. The summed E-state index contributed by atoms with van der Waals surface area (Å²) in [5.74, 6) is 0.789. The fraction of sp³-hybridized carbons (Fsp3) is 0.650. The lowest BCUT2D eigenvalue weighted by Crippen LogP contribution is -2.16. The second kappa shape index (κ2) is 11.2. The van der Waals surface area contributed by atoms with Gasteiger partial charge in [-0.25, -0.2) is 0 Å². The molecule has 2 atom stereocenters. The van der Waals surface area contributed by atoms with E-state index < -0.39 is 0 Å². The van der Waals surface area contributed by atoms with Crippen molar-refractivity contribution in [1.82, 2.24) is 0 Å². The molecule has 1 aromatic rings. The standard InChI is InChI=1S/C20H34O2P2/c1-6-8-12-23(4)18-14-17(11-10-16(3)21)15-19(20(18)22)24(5)13-9-7-2/h14-15,22H,6-13H2,1-5H3. The van der Waals surface area contributed by atoms with Crippen LogP contribution in [0.3, 0.4) is 0 Å². The summed E-state index contributed by atoms with van der Waals surface area (Å²) >= 11 is 0. The van der Waals surface area contributed by atoms with Gasteiger partial charge in [0.1, 0.15) is 11.5 Å². The van der Waals surface area contributed by atoms with Crippen LogP contribution in [-0.4, -0.2) is 36.5 Å². The smallest absolute Gasteiger partial charge is 0.130 e. The van der Waals surface area contributed by atoms with Crippen molar-refractivity contribution < 1.29 is 9.90 Å². The average molecular weight is 368 g/mol. The van der Waals surface area contributed by atoms with E-state index in [1.807, 2.05) is 0 Å². The Hall–Kier alpha value is -0.450. The van der Waals surface area contributed by atoms with Crippen LogP contribution >= 0.6 is 15.8 Å². The zero-order valence-corrected chi connectivity index (χ0v) is 17.9. The Morgan fingerprint density at radius 3 is 1.83 bits per heavy atom. The van der Waals surface area contributed by atoms with Gasteiger partial charge in [0, 0.05) is 17.0 Å². The molecule has 0 amide bonds. The molecule has 0 spiro atoms. The molecule has 0 aliphatic heterocycles. The van der Waals surface area contributed by atoms with Crippen molar-refractivity contribution in [2.45, 2.75) is 59.3 Å². The Bertz CT molecular complexity index is 493. The molecule has 2 nitrogen and oxygen atoms in total. The topological polar surface area (TPSA) is 37.3 Å². The first-order valence-corrected chi connectivity index (χ1v) is 13.1. The quantitative estimate of drug-likeness (QED) is 0.559. The van der Waals surface area contributed by atoms with Crippen LogP contribution < -0.4 is 10.6 Å². The lowest BCUT2D eigenvalue weighted by Gasteiger charge is -2.21. The van der Waals surface area contributed by atoms with Gasteiger partial charge in [-0.15, -0.1) is 0 Å². The summed E-state index contributed by atoms with van der Waals surface area (Å²) in [6, 6.07) is 4.35. The summed E-state index contributed by atoms with van der Waals surface area (Å²) in [7, 11) is -0.646. The number of unbranched alkanes of at least 4 members (excludes halogenated alkanes) is 2. The van der Waals surface area contributed by atoms with Crippen molar-refractivity contribution in [3.05, 3.63) is 17.7 Å². The maximum absolute atomic E-state index is 11.4. The van der Waals surface area contributed by atoms with Gasteiger partial charge in [-0.1, -0.05) is 42.5 Å². The third-order valence-electron chi connectivity index (χ3n) is 4.41. The summed E-state index contributed by atoms with van der Waals surface area (Å²) in [4.78, 5) is 11.4. The van der Waals surface area contributed by atoms with E-state index in [9.17, 15) is 9.90 Å². The van der Waals surface area contributed by atoms with Crippen LogP contribution in [0.1, 0.15) is 58.4 Å². The van der Waals surface area contributed by atoms with Gasteiger partial charge in [-0.2, -0.15) is 0 Å². The van der Waals surface area contributed by atoms with Crippen LogP contribution in [0.15, 0.2) is 12.1 Å². The first kappa shape index (κ1) is 21.6. The van der Waals surface area contributed by atoms with Gasteiger partial charge in [0.15, 0.2) is 0 Å². The first-order chi connectivity index (χ1) is 11.4. The molecule has 0 aliphatic rings. The van der Waals surface area contributed by atoms with Crippen molar-refractivity contribution in [3.8, 4) is 5.75 Å². The highest BCUT2D eigenvalue weighted by atomic mass is 31.1. The first-order valence-electron chi connectivity index (χ1n) is 9.18. The third kappa shape index (κ3) is 6.81. The van der Waals surface area contributed by atoms with Gasteiger partial charge >= 0.3 is 0 Å². The lowest BCUT2D eigenvalue weighted by molar-refractivity contribution is -0.116. The van der Waals surface area contributed by atoms with E-state index in [1.165, 1.54) is 43.6 Å². The molecule has 1 aromatic carbocycles. The fourth-order valence-corrected chi connectivity index (χ4v) is 6.63. The maximum Gasteiger partial charge on any atom is 0.130 e. The number of carbonyl (C=O) groups excluding carboxylic acids is 1. The number of phenols is 1. The van der Waals surface area contributed by atoms with E-state index in [-0.39, 0.29) is 21.6 Å². The minimum Gasteiger partial charge on any atom is -0.507 e. The number of carbonyl (C=O) groups is 1. The van der Waals surface area contributed by atoms with E-state index in [1.54, 1.807) is 6.92 Å². The zero-order chi connectivity index (χ0) is 18.1. The average Bonchev–Trinajstić information content (AvgIpc) is 2.56. The molecule has 0 heterocycles. The lowest BCUT2D eigenvalue weighted by atomic mass is 10.1. The van der Waals surface area contributed by atoms with E-state index in [0.29, 0.717) is 12.2 Å². The van der Waals surface area contributed by atoms with Gasteiger partial charge in [0.05, 0.1) is 0 Å². The molecular weight excluding hydrogens is 334 g/mol. The SMILES string of the molecule is CCCCP(C)c1cc(CCC(C)=O)cc(P(C)CCCC)c1O. The maximum atomic E-state index is 11.4. The summed E-state index contributed by atoms with van der Waals surface area (Å²) in [6.45, 7) is 10.6. The summed E-state index contributed by atoms with van der Waals surface area (Å²) < 4.78 is 0. The van der Waals surface area contributed by atoms with Crippen LogP contribution in [0.25, 0.3) is 0 Å². The molecule has 1 rings (SSSR count). The molecule has 0 saturated carbocycles. The second-order valence-corrected chi connectivity index (χ2v) is 11.4. The Balaban J connectivity index is 3.14. The minimum atomic E-state index is -0.323. The van der Waals surface area contributed by atoms with E-state index >= 15 is 0 Å². The molecule has 2 unspecified atom stereocenters. The molecule has 24 heavy (non-hydrogen) atoms. The summed E-state index contributed by atoms with van der Waals surface area (Å²) in [5.41, 5.74) is 1.23. The number of hydrogen-bond acceptors (Lipinski definition) is 2. The van der Waals surface area contributed by atoms with Crippen LogP contribution in [0.5, 0.6) is 5.75 Å². The molecular formula is C20H34O2P2. The normalized spacial score (nSPS) is 13.7. The van der Waals surface area contributed by atoms with E-state index in [4.69, 9.17) is 0 Å². The van der Waals surface area contributed by atoms with E-state index in [0.717, 1.165) is 17.0 Å². The molecule has 1 N–H and O–H groups in total. The van der Waals surface area contributed by atoms with Crippen molar-refractivity contribution >= 4 is 32.2 Å². The molecule has 0 aliphatic carbocycles. The second-order valence-electron chi connectivity index (χ2n) is 6.73. The van der Waals surface area contributed by atoms with Crippen LogP contribution in [0, 0.1) is 0 Å². The van der Waals surface area contributed by atoms with Crippen LogP contribution in [0.2, 0.25) is 0 Å². The Morgan fingerprint density at radius 1 is 1.00 bits per heavy atom. The van der Waals surface area contributed by atoms with Crippen molar-refractivity contribution in [1.29, 1.82) is 0 Å². The number of ketones is 1. The van der Waals surface area contributed by atoms with Crippen molar-refractivity contribution in [3.63, 3.8) is 0 Å². The van der Waals surface area contributed by atoms with Gasteiger partial charge in [-0.3, -0.25) is 0 Å². The van der Waals surface area contributed by atoms with Crippen LogP contribution in [0.4, 0.5) is 0 Å². The van der Waals surface area contributed by atoms with Gasteiger partial charge in [0.2, 0.25) is 0 Å². The van der Waals surface area contributed by atoms with Crippen LogP contribution in [-0.2, 0) is 11.2 Å². The van der Waals surface area contributed by atoms with Gasteiger partial charge < -0.3 is 9.90 Å². The number of Topliss-reactive ketones (excluding diaryl/α,β-unsaturated/α-hetero) is 1. The number of aromatic hydroxyl groups is 1. The zero-order valence-electron chi connectivity index (χ0n) is 16.1. The Labute approximate surface area is 150 Å². The Kier molecular flexibility index (Phi) is 10.1. The highest BCUT2D eigenvalue weighted by Gasteiger charge is 2.18. The van der Waals surface area contributed by atoms with Crippen molar-refractivity contribution in [2.75, 3.05) is 25.7 Å². The summed E-state index contributed by atoms with van der Waals surface area (Å²) in [6.07, 6.45) is 8.55. The summed E-state index contributed by atoms with van der Waals surface area (Å²) in [5, 5.41) is 13.2. The molecule has 0 saturated heterocycles. The molecule has 0 radical (unpaired) electrons. The molecule has 0 bridgehead atoms. The minimum absolute atomic E-state index is 0.237. The molecule has 0 aromatic heterocycles. The largest absolute Gasteiger partial charge is 0.507 e. The van der Waals surface area contributed by atoms with Gasteiger partial charge in [-0.05, 0) is 69.5 Å². The third-order valence-corrected chi connectivity index (χ3v) is 8.71. The predicted molar refractivity (Wildman–Crippen MR) is 112 cm³/mol. The van der Waals surface area contributed by atoms with Gasteiger partial charge in [0.25, 0.3) is 0 Å². The number of phenolic OH excluding ortho intramolecular Hbond substituents is 1. The fourth-order valence-electron chi connectivity index (χ4n) is 2.74. The molecule has 136 valence electrons. The van der Waals surface area contributed by atoms with E-state index in [2.05, 4.69) is 39.3 Å². The number of aryl methyl sites for hydroxylation is 1.